The highest BCUT2D eigenvalue weighted by Crippen LogP contribution is 2.40. The van der Waals surface area contributed by atoms with E-state index in [2.05, 4.69) is 16.6 Å². The molecule has 9 heteroatoms. The SMILES string of the molecule is C#Cc1ccc(C(C(=O)NCCC(=O)OCC)N(C(=O)C(C)NC(=O)OC(C)(C)C)C2CC2C)cc1. The lowest BCUT2D eigenvalue weighted by Crippen LogP contribution is -2.53. The smallest absolute Gasteiger partial charge is 0.408 e. The summed E-state index contributed by atoms with van der Waals surface area (Å²) in [6, 6.07) is 4.73. The van der Waals surface area contributed by atoms with Crippen molar-refractivity contribution in [1.82, 2.24) is 15.5 Å². The van der Waals surface area contributed by atoms with Gasteiger partial charge in [0, 0.05) is 18.2 Å². The van der Waals surface area contributed by atoms with Gasteiger partial charge in [0.05, 0.1) is 13.0 Å². The van der Waals surface area contributed by atoms with Crippen LogP contribution >= 0.6 is 0 Å². The molecule has 0 spiro atoms. The van der Waals surface area contributed by atoms with Crippen molar-refractivity contribution in [3.8, 4) is 12.3 Å². The normalized spacial score (nSPS) is 18.1. The molecule has 2 N–H and O–H groups in total. The van der Waals surface area contributed by atoms with E-state index in [-0.39, 0.29) is 31.5 Å². The summed E-state index contributed by atoms with van der Waals surface area (Å²) in [5, 5.41) is 5.33. The molecule has 1 aliphatic carbocycles. The molecule has 0 aromatic heterocycles. The van der Waals surface area contributed by atoms with E-state index in [1.807, 2.05) is 6.92 Å². The minimum absolute atomic E-state index is 0.00666. The average molecular weight is 500 g/mol. The number of rotatable bonds is 10. The van der Waals surface area contributed by atoms with Crippen LogP contribution < -0.4 is 10.6 Å². The number of alkyl carbamates (subject to hydrolysis) is 1. The molecule has 0 radical (unpaired) electrons. The fourth-order valence-electron chi connectivity index (χ4n) is 3.76. The number of amides is 3. The second-order valence-electron chi connectivity index (χ2n) is 9.91. The predicted octanol–water partition coefficient (Wildman–Crippen LogP) is 2.93. The van der Waals surface area contributed by atoms with E-state index >= 15 is 0 Å². The molecule has 0 bridgehead atoms. The van der Waals surface area contributed by atoms with Crippen LogP contribution in [0, 0.1) is 18.3 Å². The molecule has 36 heavy (non-hydrogen) atoms. The van der Waals surface area contributed by atoms with Crippen molar-refractivity contribution in [2.45, 2.75) is 78.1 Å². The van der Waals surface area contributed by atoms with Crippen molar-refractivity contribution >= 4 is 23.9 Å². The first-order valence-corrected chi connectivity index (χ1v) is 12.2. The third-order valence-electron chi connectivity index (χ3n) is 5.64. The summed E-state index contributed by atoms with van der Waals surface area (Å²) >= 11 is 0. The summed E-state index contributed by atoms with van der Waals surface area (Å²) in [7, 11) is 0. The molecule has 0 aliphatic heterocycles. The van der Waals surface area contributed by atoms with Gasteiger partial charge in [-0.1, -0.05) is 25.0 Å². The number of nitrogens with zero attached hydrogens (tertiary/aromatic N) is 1. The van der Waals surface area contributed by atoms with E-state index in [1.54, 1.807) is 58.9 Å². The second kappa shape index (κ2) is 12.4. The summed E-state index contributed by atoms with van der Waals surface area (Å²) in [5.74, 6) is 1.44. The predicted molar refractivity (Wildman–Crippen MR) is 135 cm³/mol. The van der Waals surface area contributed by atoms with E-state index in [4.69, 9.17) is 15.9 Å². The summed E-state index contributed by atoms with van der Waals surface area (Å²) in [5.41, 5.74) is 0.481. The summed E-state index contributed by atoms with van der Waals surface area (Å²) < 4.78 is 10.2. The van der Waals surface area contributed by atoms with Gasteiger partial charge in [-0.2, -0.15) is 0 Å². The number of carbonyl (C=O) groups is 4. The molecule has 1 saturated carbocycles. The maximum absolute atomic E-state index is 13.7. The third-order valence-corrected chi connectivity index (χ3v) is 5.64. The average Bonchev–Trinajstić information content (AvgIpc) is 3.51. The van der Waals surface area contributed by atoms with Gasteiger partial charge in [0.1, 0.15) is 17.7 Å². The fourth-order valence-corrected chi connectivity index (χ4v) is 3.76. The Balaban J connectivity index is 2.32. The number of hydrogen-bond donors (Lipinski definition) is 2. The lowest BCUT2D eigenvalue weighted by molar-refractivity contribution is -0.144. The zero-order chi connectivity index (χ0) is 27.0. The third kappa shape index (κ3) is 8.29. The molecule has 4 atom stereocenters. The Hall–Kier alpha value is -3.54. The molecule has 9 nitrogen and oxygen atoms in total. The first-order chi connectivity index (χ1) is 16.9. The van der Waals surface area contributed by atoms with Gasteiger partial charge < -0.3 is 25.0 Å². The first kappa shape index (κ1) is 28.7. The Kier molecular flexibility index (Phi) is 9.91. The van der Waals surface area contributed by atoms with E-state index in [1.165, 1.54) is 4.90 Å². The van der Waals surface area contributed by atoms with Crippen LogP contribution in [-0.2, 0) is 23.9 Å². The minimum Gasteiger partial charge on any atom is -0.466 e. The lowest BCUT2D eigenvalue weighted by atomic mass is 10.0. The molecule has 196 valence electrons. The fraction of sp³-hybridized carbons (Fsp3) is 0.556. The van der Waals surface area contributed by atoms with Gasteiger partial charge in [0.25, 0.3) is 0 Å². The molecule has 1 aromatic carbocycles. The lowest BCUT2D eigenvalue weighted by Gasteiger charge is -2.34. The molecule has 3 amide bonds. The summed E-state index contributed by atoms with van der Waals surface area (Å²) in [6.45, 7) is 10.8. The minimum atomic E-state index is -0.982. The van der Waals surface area contributed by atoms with Crippen LogP contribution in [0.15, 0.2) is 24.3 Å². The first-order valence-electron chi connectivity index (χ1n) is 12.2. The van der Waals surface area contributed by atoms with Crippen molar-refractivity contribution < 1.29 is 28.7 Å². The maximum Gasteiger partial charge on any atom is 0.408 e. The van der Waals surface area contributed by atoms with Crippen LogP contribution in [0.4, 0.5) is 4.79 Å². The zero-order valence-corrected chi connectivity index (χ0v) is 21.9. The van der Waals surface area contributed by atoms with Crippen molar-refractivity contribution in [3.63, 3.8) is 0 Å². The molecule has 1 fully saturated rings. The molecule has 1 aromatic rings. The second-order valence-corrected chi connectivity index (χ2v) is 9.91. The van der Waals surface area contributed by atoms with Crippen LogP contribution in [0.3, 0.4) is 0 Å². The maximum atomic E-state index is 13.7. The molecule has 0 saturated heterocycles. The van der Waals surface area contributed by atoms with Crippen LogP contribution in [0.5, 0.6) is 0 Å². The Morgan fingerprint density at radius 3 is 2.31 bits per heavy atom. The van der Waals surface area contributed by atoms with Crippen molar-refractivity contribution in [3.05, 3.63) is 35.4 Å². The molecule has 1 aliphatic rings. The molecule has 0 heterocycles. The summed E-state index contributed by atoms with van der Waals surface area (Å²) in [6.07, 6.45) is 5.49. The quantitative estimate of drug-likeness (QED) is 0.378. The van der Waals surface area contributed by atoms with Gasteiger partial charge in [-0.05, 0) is 64.7 Å². The van der Waals surface area contributed by atoms with Gasteiger partial charge in [-0.3, -0.25) is 14.4 Å². The highest BCUT2D eigenvalue weighted by Gasteiger charge is 2.47. The standard InChI is InChI=1S/C27H37N3O6/c1-8-19-10-12-20(13-11-19)23(24(32)28-15-14-22(31)35-9-2)30(21-16-17(21)3)25(33)18(4)29-26(34)36-27(5,6)7/h1,10-13,17-18,21,23H,9,14-16H2,2-7H3,(H,28,32)(H,29,34). The van der Waals surface area contributed by atoms with Crippen molar-refractivity contribution in [2.75, 3.05) is 13.2 Å². The van der Waals surface area contributed by atoms with Gasteiger partial charge in [-0.15, -0.1) is 6.42 Å². The van der Waals surface area contributed by atoms with Crippen molar-refractivity contribution in [2.24, 2.45) is 5.92 Å². The van der Waals surface area contributed by atoms with Crippen LogP contribution in [0.1, 0.15) is 71.6 Å². The molecule has 4 unspecified atom stereocenters. The highest BCUT2D eigenvalue weighted by atomic mass is 16.6. The Morgan fingerprint density at radius 1 is 1.19 bits per heavy atom. The molecular formula is C27H37N3O6. The Labute approximate surface area is 213 Å². The van der Waals surface area contributed by atoms with Crippen molar-refractivity contribution in [1.29, 1.82) is 0 Å². The van der Waals surface area contributed by atoms with E-state index in [0.29, 0.717) is 11.1 Å². The Morgan fingerprint density at radius 2 is 1.81 bits per heavy atom. The number of nitrogens with one attached hydrogen (secondary N) is 2. The topological polar surface area (TPSA) is 114 Å². The van der Waals surface area contributed by atoms with E-state index in [9.17, 15) is 19.2 Å². The monoisotopic (exact) mass is 499 g/mol. The molecule has 2 rings (SSSR count). The zero-order valence-electron chi connectivity index (χ0n) is 21.9. The van der Waals surface area contributed by atoms with E-state index in [0.717, 1.165) is 6.42 Å². The van der Waals surface area contributed by atoms with Gasteiger partial charge >= 0.3 is 12.1 Å². The number of benzene rings is 1. The molecular weight excluding hydrogens is 462 g/mol. The Bertz CT molecular complexity index is 992. The largest absolute Gasteiger partial charge is 0.466 e. The van der Waals surface area contributed by atoms with Gasteiger partial charge in [0.2, 0.25) is 11.8 Å². The number of esters is 1. The van der Waals surface area contributed by atoms with Gasteiger partial charge in [-0.25, -0.2) is 4.79 Å². The highest BCUT2D eigenvalue weighted by molar-refractivity contribution is 5.92. The van der Waals surface area contributed by atoms with Crippen LogP contribution in [0.2, 0.25) is 0 Å². The van der Waals surface area contributed by atoms with E-state index < -0.39 is 41.6 Å². The van der Waals surface area contributed by atoms with Crippen LogP contribution in [0.25, 0.3) is 0 Å². The number of hydrogen-bond acceptors (Lipinski definition) is 6. The number of ether oxygens (including phenoxy) is 2. The number of carbonyl (C=O) groups excluding carboxylic acids is 4. The summed E-state index contributed by atoms with van der Waals surface area (Å²) in [4.78, 5) is 52.6. The number of terminal acetylenes is 1. The van der Waals surface area contributed by atoms with Crippen LogP contribution in [-0.4, -0.2) is 59.6 Å². The van der Waals surface area contributed by atoms with Gasteiger partial charge in [0.15, 0.2) is 0 Å².